The minimum atomic E-state index is -0.421. The van der Waals surface area contributed by atoms with Gasteiger partial charge in [-0.3, -0.25) is 0 Å². The van der Waals surface area contributed by atoms with Crippen LogP contribution in [0.25, 0.3) is 5.69 Å². The van der Waals surface area contributed by atoms with Crippen molar-refractivity contribution >= 4 is 17.6 Å². The number of rotatable bonds is 6. The van der Waals surface area contributed by atoms with E-state index >= 15 is 0 Å². The fourth-order valence-corrected chi connectivity index (χ4v) is 2.87. The lowest BCUT2D eigenvalue weighted by molar-refractivity contribution is 0.206. The molecule has 3 rings (SSSR count). The molecule has 7 heteroatoms. The molecule has 1 aromatic heterocycles. The number of halogens is 2. The van der Waals surface area contributed by atoms with Crippen molar-refractivity contribution in [3.8, 4) is 5.69 Å². The maximum Gasteiger partial charge on any atom is 0.317 e. The van der Waals surface area contributed by atoms with Crippen LogP contribution in [-0.4, -0.2) is 34.3 Å². The van der Waals surface area contributed by atoms with E-state index in [9.17, 15) is 9.18 Å². The molecule has 0 unspecified atom stereocenters. The van der Waals surface area contributed by atoms with Crippen molar-refractivity contribution in [2.24, 2.45) is 0 Å². The first-order chi connectivity index (χ1) is 13.0. The van der Waals surface area contributed by atoms with E-state index < -0.39 is 5.82 Å². The third-order valence-corrected chi connectivity index (χ3v) is 4.50. The van der Waals surface area contributed by atoms with E-state index in [2.05, 4.69) is 10.4 Å². The highest BCUT2D eigenvalue weighted by Gasteiger charge is 2.14. The molecule has 0 spiro atoms. The number of nitrogens with zero attached hydrogens (tertiary/aromatic N) is 3. The zero-order valence-corrected chi connectivity index (χ0v) is 15.7. The molecule has 0 atom stereocenters. The van der Waals surface area contributed by atoms with Crippen LogP contribution in [0.15, 0.2) is 60.9 Å². The number of carbonyl (C=O) groups is 1. The monoisotopic (exact) mass is 386 g/mol. The van der Waals surface area contributed by atoms with Gasteiger partial charge in [-0.15, -0.1) is 0 Å². The van der Waals surface area contributed by atoms with E-state index in [0.717, 1.165) is 11.3 Å². The summed E-state index contributed by atoms with van der Waals surface area (Å²) >= 11 is 6.01. The smallest absolute Gasteiger partial charge is 0.317 e. The van der Waals surface area contributed by atoms with E-state index in [4.69, 9.17) is 11.6 Å². The van der Waals surface area contributed by atoms with E-state index in [1.807, 2.05) is 36.5 Å². The quantitative estimate of drug-likeness (QED) is 0.694. The second kappa shape index (κ2) is 8.68. The third-order valence-electron chi connectivity index (χ3n) is 4.15. The maximum absolute atomic E-state index is 13.8. The van der Waals surface area contributed by atoms with Gasteiger partial charge in [0.25, 0.3) is 0 Å². The molecule has 5 nitrogen and oxygen atoms in total. The van der Waals surface area contributed by atoms with Crippen molar-refractivity contribution in [2.45, 2.75) is 13.0 Å². The van der Waals surface area contributed by atoms with Crippen LogP contribution >= 0.6 is 11.6 Å². The minimum Gasteiger partial charge on any atom is -0.338 e. The first-order valence-corrected chi connectivity index (χ1v) is 8.93. The molecular weight excluding hydrogens is 367 g/mol. The molecule has 1 N–H and O–H groups in total. The van der Waals surface area contributed by atoms with Crippen LogP contribution in [0.5, 0.6) is 0 Å². The lowest BCUT2D eigenvalue weighted by Gasteiger charge is -2.19. The summed E-state index contributed by atoms with van der Waals surface area (Å²) < 4.78 is 15.6. The summed E-state index contributed by atoms with van der Waals surface area (Å²) in [6.45, 7) is 0.554. The van der Waals surface area contributed by atoms with Gasteiger partial charge in [-0.05, 0) is 36.2 Å². The minimum absolute atomic E-state index is 0.100. The highest BCUT2D eigenvalue weighted by Crippen LogP contribution is 2.20. The van der Waals surface area contributed by atoms with E-state index in [0.29, 0.717) is 23.6 Å². The molecule has 27 heavy (non-hydrogen) atoms. The molecule has 0 radical (unpaired) electrons. The Morgan fingerprint density at radius 3 is 2.74 bits per heavy atom. The van der Waals surface area contributed by atoms with Crippen LogP contribution in [0.4, 0.5) is 9.18 Å². The van der Waals surface area contributed by atoms with Gasteiger partial charge in [0.2, 0.25) is 0 Å². The molecule has 0 saturated carbocycles. The predicted octanol–water partition coefficient (Wildman–Crippen LogP) is 4.05. The normalized spacial score (nSPS) is 10.6. The summed E-state index contributed by atoms with van der Waals surface area (Å²) in [5.74, 6) is -0.421. The first-order valence-electron chi connectivity index (χ1n) is 8.55. The molecular formula is C20H20ClFN4O. The molecule has 140 valence electrons. The van der Waals surface area contributed by atoms with E-state index in [1.165, 1.54) is 17.0 Å². The molecule has 0 saturated heterocycles. The van der Waals surface area contributed by atoms with Crippen LogP contribution < -0.4 is 5.32 Å². The van der Waals surface area contributed by atoms with Crippen molar-refractivity contribution in [3.63, 3.8) is 0 Å². The largest absolute Gasteiger partial charge is 0.338 e. The summed E-state index contributed by atoms with van der Waals surface area (Å²) in [5, 5.41) is 7.46. The summed E-state index contributed by atoms with van der Waals surface area (Å²) in [4.78, 5) is 13.6. The molecule has 2 aromatic carbocycles. The maximum atomic E-state index is 13.8. The van der Waals surface area contributed by atoms with Crippen LogP contribution in [0.3, 0.4) is 0 Å². The molecule has 2 amide bonds. The number of para-hydroxylation sites is 1. The van der Waals surface area contributed by atoms with Gasteiger partial charge in [0.15, 0.2) is 0 Å². The molecule has 0 bridgehead atoms. The number of carbonyl (C=O) groups excluding carboxylic acids is 1. The zero-order chi connectivity index (χ0) is 19.2. The van der Waals surface area contributed by atoms with Crippen molar-refractivity contribution in [2.75, 3.05) is 13.6 Å². The van der Waals surface area contributed by atoms with Crippen LogP contribution in [0.2, 0.25) is 5.02 Å². The number of amides is 2. The predicted molar refractivity (Wildman–Crippen MR) is 104 cm³/mol. The van der Waals surface area contributed by atoms with Gasteiger partial charge in [0, 0.05) is 30.4 Å². The Hall–Kier alpha value is -2.86. The van der Waals surface area contributed by atoms with Crippen LogP contribution in [0.1, 0.15) is 11.1 Å². The first kappa shape index (κ1) is 18.9. The van der Waals surface area contributed by atoms with Gasteiger partial charge in [-0.25, -0.2) is 13.9 Å². The highest BCUT2D eigenvalue weighted by atomic mass is 35.5. The topological polar surface area (TPSA) is 50.2 Å². The SMILES string of the molecule is CN(Cc1c(F)cccc1Cl)C(=O)NCCc1cnn(-c2ccccc2)c1. The van der Waals surface area contributed by atoms with Gasteiger partial charge in [0.05, 0.1) is 18.4 Å². The zero-order valence-electron chi connectivity index (χ0n) is 14.9. The van der Waals surface area contributed by atoms with Crippen LogP contribution in [-0.2, 0) is 13.0 Å². The van der Waals surface area contributed by atoms with Gasteiger partial charge >= 0.3 is 6.03 Å². The van der Waals surface area contributed by atoms with Crippen molar-refractivity contribution in [3.05, 3.63) is 82.9 Å². The molecule has 3 aromatic rings. The number of urea groups is 1. The molecule has 1 heterocycles. The Kier molecular flexibility index (Phi) is 6.08. The molecule has 0 fully saturated rings. The number of aromatic nitrogens is 2. The van der Waals surface area contributed by atoms with Gasteiger partial charge in [0.1, 0.15) is 5.82 Å². The number of benzene rings is 2. The van der Waals surface area contributed by atoms with Gasteiger partial charge in [-0.2, -0.15) is 5.10 Å². The van der Waals surface area contributed by atoms with E-state index in [-0.39, 0.29) is 12.6 Å². The van der Waals surface area contributed by atoms with Crippen LogP contribution in [0, 0.1) is 5.82 Å². The Balaban J connectivity index is 1.50. The third kappa shape index (κ3) is 4.86. The summed E-state index contributed by atoms with van der Waals surface area (Å²) in [6.07, 6.45) is 4.36. The molecule has 0 aliphatic rings. The second-order valence-electron chi connectivity index (χ2n) is 6.17. The number of hydrogen-bond donors (Lipinski definition) is 1. The van der Waals surface area contributed by atoms with Crippen molar-refractivity contribution in [1.82, 2.24) is 20.0 Å². The average Bonchev–Trinajstić information content (AvgIpc) is 3.14. The Morgan fingerprint density at radius 1 is 1.22 bits per heavy atom. The number of nitrogens with one attached hydrogen (secondary N) is 1. The lowest BCUT2D eigenvalue weighted by atomic mass is 10.2. The van der Waals surface area contributed by atoms with Gasteiger partial charge < -0.3 is 10.2 Å². The average molecular weight is 387 g/mol. The summed E-state index contributed by atoms with van der Waals surface area (Å²) in [7, 11) is 1.60. The number of hydrogen-bond acceptors (Lipinski definition) is 2. The Labute approximate surface area is 162 Å². The fourth-order valence-electron chi connectivity index (χ4n) is 2.65. The van der Waals surface area contributed by atoms with Crippen molar-refractivity contribution in [1.29, 1.82) is 0 Å². The molecule has 0 aliphatic heterocycles. The Morgan fingerprint density at radius 2 is 2.00 bits per heavy atom. The van der Waals surface area contributed by atoms with Gasteiger partial charge in [-0.1, -0.05) is 35.9 Å². The summed E-state index contributed by atoms with van der Waals surface area (Å²) in [5.41, 5.74) is 2.30. The second-order valence-corrected chi connectivity index (χ2v) is 6.57. The fraction of sp³-hybridized carbons (Fsp3) is 0.200. The van der Waals surface area contributed by atoms with E-state index in [1.54, 1.807) is 24.0 Å². The highest BCUT2D eigenvalue weighted by molar-refractivity contribution is 6.31. The standard InChI is InChI=1S/C20H20ClFN4O/c1-25(14-17-18(21)8-5-9-19(17)22)20(27)23-11-10-15-12-24-26(13-15)16-6-3-2-4-7-16/h2-9,12-13H,10-11,14H2,1H3,(H,23,27). The van der Waals surface area contributed by atoms with Crippen molar-refractivity contribution < 1.29 is 9.18 Å². The Bertz CT molecular complexity index is 893. The lowest BCUT2D eigenvalue weighted by Crippen LogP contribution is -2.38. The summed E-state index contributed by atoms with van der Waals surface area (Å²) in [6, 6.07) is 14.0. The molecule has 0 aliphatic carbocycles.